The van der Waals surface area contributed by atoms with Gasteiger partial charge < -0.3 is 14.6 Å². The minimum Gasteiger partial charge on any atom is -0.466 e. The van der Waals surface area contributed by atoms with Gasteiger partial charge in [0, 0.05) is 11.0 Å². The van der Waals surface area contributed by atoms with Gasteiger partial charge in [-0.05, 0) is 44.9 Å². The fraction of sp³-hybridized carbons (Fsp3) is 0.812. The van der Waals surface area contributed by atoms with Crippen molar-refractivity contribution in [2.75, 3.05) is 7.11 Å². The van der Waals surface area contributed by atoms with Gasteiger partial charge in [-0.2, -0.15) is 0 Å². The van der Waals surface area contributed by atoms with Crippen LogP contribution in [0.4, 0.5) is 0 Å². The van der Waals surface area contributed by atoms with E-state index in [2.05, 4.69) is 20.4 Å². The van der Waals surface area contributed by atoms with Gasteiger partial charge in [-0.3, -0.25) is 0 Å². The van der Waals surface area contributed by atoms with E-state index < -0.39 is 6.10 Å². The Morgan fingerprint density at radius 3 is 2.75 bits per heavy atom. The molecule has 3 rings (SSSR count). The molecule has 0 aromatic carbocycles. The minimum absolute atomic E-state index is 0.0505. The highest BCUT2D eigenvalue weighted by atomic mass is 16.6. The highest BCUT2D eigenvalue weighted by molar-refractivity contribution is 5.88. The molecule has 20 heavy (non-hydrogen) atoms. The number of methoxy groups -OCH3 is 1. The lowest BCUT2D eigenvalue weighted by Crippen LogP contribution is -2.56. The van der Waals surface area contributed by atoms with E-state index in [0.29, 0.717) is 12.0 Å². The Balaban J connectivity index is 1.89. The molecule has 1 heterocycles. The van der Waals surface area contributed by atoms with Gasteiger partial charge >= 0.3 is 5.97 Å². The van der Waals surface area contributed by atoms with E-state index >= 15 is 0 Å². The normalized spacial score (nSPS) is 49.8. The van der Waals surface area contributed by atoms with E-state index in [1.807, 2.05) is 0 Å². The molecule has 2 saturated carbocycles. The summed E-state index contributed by atoms with van der Waals surface area (Å²) in [5.41, 5.74) is -0.174. The lowest BCUT2D eigenvalue weighted by Gasteiger charge is -2.50. The number of aliphatic hydroxyl groups excluding tert-OH is 1. The molecule has 4 heteroatoms. The summed E-state index contributed by atoms with van der Waals surface area (Å²) in [7, 11) is 1.37. The van der Waals surface area contributed by atoms with Gasteiger partial charge in [0.25, 0.3) is 0 Å². The quantitative estimate of drug-likeness (QED) is 0.478. The van der Waals surface area contributed by atoms with Crippen LogP contribution in [-0.4, -0.2) is 35.5 Å². The summed E-state index contributed by atoms with van der Waals surface area (Å²) in [5.74, 6) is -0.425. The maximum atomic E-state index is 11.7. The van der Waals surface area contributed by atoms with Crippen LogP contribution >= 0.6 is 0 Å². The van der Waals surface area contributed by atoms with Gasteiger partial charge in [-0.15, -0.1) is 0 Å². The van der Waals surface area contributed by atoms with Crippen LogP contribution in [-0.2, 0) is 14.3 Å². The minimum atomic E-state index is -0.454. The molecule has 1 spiro atoms. The Hall–Kier alpha value is -0.870. The second-order valence-electron chi connectivity index (χ2n) is 7.10. The van der Waals surface area contributed by atoms with E-state index in [1.165, 1.54) is 7.11 Å². The summed E-state index contributed by atoms with van der Waals surface area (Å²) in [6.07, 6.45) is 4.00. The number of ether oxygens (including phenoxy) is 2. The second kappa shape index (κ2) is 4.08. The van der Waals surface area contributed by atoms with Gasteiger partial charge in [0.15, 0.2) is 0 Å². The first-order chi connectivity index (χ1) is 9.30. The van der Waals surface area contributed by atoms with E-state index in [9.17, 15) is 9.90 Å². The van der Waals surface area contributed by atoms with Crippen LogP contribution in [0.25, 0.3) is 0 Å². The monoisotopic (exact) mass is 280 g/mol. The molecule has 0 radical (unpaired) electrons. The van der Waals surface area contributed by atoms with Crippen molar-refractivity contribution in [1.29, 1.82) is 0 Å². The van der Waals surface area contributed by atoms with Gasteiger partial charge in [-0.25, -0.2) is 4.79 Å². The molecule has 0 aromatic heterocycles. The summed E-state index contributed by atoms with van der Waals surface area (Å²) < 4.78 is 10.9. The molecule has 4 unspecified atom stereocenters. The Morgan fingerprint density at radius 1 is 1.40 bits per heavy atom. The van der Waals surface area contributed by atoms with Crippen LogP contribution in [0.15, 0.2) is 12.2 Å². The molecule has 4 nitrogen and oxygen atoms in total. The molecule has 3 aliphatic rings. The fourth-order valence-electron chi connectivity index (χ4n) is 4.78. The molecule has 1 aliphatic heterocycles. The number of carbonyl (C=O) groups excluding carboxylic acids is 1. The summed E-state index contributed by atoms with van der Waals surface area (Å²) in [4.78, 5) is 11.7. The van der Waals surface area contributed by atoms with Crippen molar-refractivity contribution in [3.63, 3.8) is 0 Å². The first-order valence-corrected chi connectivity index (χ1v) is 7.45. The maximum Gasteiger partial charge on any atom is 0.333 e. The average molecular weight is 280 g/mol. The van der Waals surface area contributed by atoms with E-state index in [-0.39, 0.29) is 28.5 Å². The van der Waals surface area contributed by atoms with Gasteiger partial charge in [0.05, 0.1) is 18.8 Å². The number of hydrogen-bond acceptors (Lipinski definition) is 4. The first-order valence-electron chi connectivity index (χ1n) is 7.45. The second-order valence-corrected chi connectivity index (χ2v) is 7.10. The predicted molar refractivity (Wildman–Crippen MR) is 74.1 cm³/mol. The molecule has 1 saturated heterocycles. The van der Waals surface area contributed by atoms with Crippen molar-refractivity contribution in [2.24, 2.45) is 11.3 Å². The highest BCUT2D eigenvalue weighted by Gasteiger charge is 2.78. The Kier molecular flexibility index (Phi) is 2.87. The number of esters is 1. The SMILES string of the molecule is C=C(C(=O)OC)[C@@H]1CC(O)C2(C)CCCC3(C)OC32C1. The zero-order valence-corrected chi connectivity index (χ0v) is 12.6. The van der Waals surface area contributed by atoms with E-state index in [4.69, 9.17) is 9.47 Å². The smallest absolute Gasteiger partial charge is 0.333 e. The summed E-state index contributed by atoms with van der Waals surface area (Å²) in [5, 5.41) is 10.7. The lowest BCUT2D eigenvalue weighted by molar-refractivity contribution is -0.138. The van der Waals surface area contributed by atoms with Crippen molar-refractivity contribution in [3.05, 3.63) is 12.2 Å². The van der Waals surface area contributed by atoms with Crippen molar-refractivity contribution in [2.45, 2.75) is 63.3 Å². The molecule has 0 aromatic rings. The lowest BCUT2D eigenvalue weighted by atomic mass is 9.53. The van der Waals surface area contributed by atoms with Gasteiger partial charge in [-0.1, -0.05) is 13.5 Å². The topological polar surface area (TPSA) is 59.1 Å². The average Bonchev–Trinajstić information content (AvgIpc) is 3.02. The zero-order chi connectivity index (χ0) is 14.8. The molecule has 3 fully saturated rings. The summed E-state index contributed by atoms with van der Waals surface area (Å²) in [6.45, 7) is 8.15. The molecule has 112 valence electrons. The summed E-state index contributed by atoms with van der Waals surface area (Å²) >= 11 is 0. The van der Waals surface area contributed by atoms with E-state index in [1.54, 1.807) is 0 Å². The standard InChI is InChI=1S/C16H24O4/c1-10(13(18)19-4)11-8-12(17)14(2)6-5-7-15(3)16(14,9-11)20-15/h11-12,17H,1,5-9H2,2-4H3/t11-,12?,14?,15?,16?/m1/s1. The van der Waals surface area contributed by atoms with Crippen LogP contribution < -0.4 is 0 Å². The predicted octanol–water partition coefficient (Wildman–Crippen LogP) is 2.20. The number of epoxide rings is 1. The third-order valence-electron chi connectivity index (χ3n) is 6.20. The maximum absolute atomic E-state index is 11.7. The van der Waals surface area contributed by atoms with Crippen molar-refractivity contribution in [3.8, 4) is 0 Å². The Morgan fingerprint density at radius 2 is 2.10 bits per heavy atom. The Labute approximate surface area is 120 Å². The zero-order valence-electron chi connectivity index (χ0n) is 12.6. The van der Waals surface area contributed by atoms with Crippen molar-refractivity contribution < 1.29 is 19.4 Å². The molecule has 0 bridgehead atoms. The molecular weight excluding hydrogens is 256 g/mol. The molecule has 5 atom stereocenters. The third-order valence-corrected chi connectivity index (χ3v) is 6.20. The van der Waals surface area contributed by atoms with Crippen LogP contribution in [0.2, 0.25) is 0 Å². The van der Waals surface area contributed by atoms with Gasteiger partial charge in [0.1, 0.15) is 5.60 Å². The summed E-state index contributed by atoms with van der Waals surface area (Å²) in [6, 6.07) is 0. The van der Waals surface area contributed by atoms with Crippen molar-refractivity contribution >= 4 is 5.97 Å². The molecule has 0 amide bonds. The van der Waals surface area contributed by atoms with E-state index in [0.717, 1.165) is 25.7 Å². The number of rotatable bonds is 2. The van der Waals surface area contributed by atoms with Crippen LogP contribution in [0.5, 0.6) is 0 Å². The molecular formula is C16H24O4. The fourth-order valence-corrected chi connectivity index (χ4v) is 4.78. The van der Waals surface area contributed by atoms with Crippen molar-refractivity contribution in [1.82, 2.24) is 0 Å². The molecule has 2 aliphatic carbocycles. The largest absolute Gasteiger partial charge is 0.466 e. The first kappa shape index (κ1) is 14.1. The van der Waals surface area contributed by atoms with Gasteiger partial charge in [0.2, 0.25) is 0 Å². The number of hydrogen-bond donors (Lipinski definition) is 1. The molecule has 1 N–H and O–H groups in total. The highest BCUT2D eigenvalue weighted by Crippen LogP contribution is 2.71. The van der Waals surface area contributed by atoms with Crippen LogP contribution in [0, 0.1) is 11.3 Å². The third kappa shape index (κ3) is 1.52. The Bertz CT molecular complexity index is 473. The number of carbonyl (C=O) groups is 1. The van der Waals surface area contributed by atoms with Crippen LogP contribution in [0.3, 0.4) is 0 Å². The number of aliphatic hydroxyl groups is 1. The van der Waals surface area contributed by atoms with Crippen LogP contribution in [0.1, 0.15) is 46.0 Å².